The van der Waals surface area contributed by atoms with E-state index in [9.17, 15) is 13.2 Å². The minimum absolute atomic E-state index is 0.114. The fourth-order valence-corrected chi connectivity index (χ4v) is 5.44. The van der Waals surface area contributed by atoms with Crippen LogP contribution in [0.15, 0.2) is 24.3 Å². The Bertz CT molecular complexity index is 765. The number of carbonyl (C=O) groups is 1. The van der Waals surface area contributed by atoms with E-state index in [0.29, 0.717) is 45.1 Å². The van der Waals surface area contributed by atoms with Gasteiger partial charge >= 0.3 is 0 Å². The van der Waals surface area contributed by atoms with Gasteiger partial charge in [-0.25, -0.2) is 8.42 Å². The predicted molar refractivity (Wildman–Crippen MR) is 100 cm³/mol. The molecular weight excluding hydrogens is 370 g/mol. The second-order valence-corrected chi connectivity index (χ2v) is 9.25. The highest BCUT2D eigenvalue weighted by molar-refractivity contribution is 7.89. The Morgan fingerprint density at radius 2 is 1.44 bits per heavy atom. The summed E-state index contributed by atoms with van der Waals surface area (Å²) in [6, 6.07) is 7.52. The number of carbonyl (C=O) groups excluding carboxylic acids is 1. The maximum atomic E-state index is 12.6. The molecule has 9 heteroatoms. The first-order chi connectivity index (χ1) is 13.1. The zero-order valence-corrected chi connectivity index (χ0v) is 16.1. The number of nitrogens with zero attached hydrogens (tertiary/aromatic N) is 3. The summed E-state index contributed by atoms with van der Waals surface area (Å²) in [4.78, 5) is 16.5. The molecule has 0 saturated carbocycles. The highest BCUT2D eigenvalue weighted by Gasteiger charge is 2.43. The lowest BCUT2D eigenvalue weighted by molar-refractivity contribution is 0.0617. The van der Waals surface area contributed by atoms with Crippen LogP contribution in [0, 0.1) is 0 Å². The van der Waals surface area contributed by atoms with Crippen LogP contribution >= 0.6 is 0 Å². The molecule has 27 heavy (non-hydrogen) atoms. The molecule has 0 unspecified atom stereocenters. The average Bonchev–Trinajstić information content (AvgIpc) is 2.68. The van der Waals surface area contributed by atoms with Gasteiger partial charge in [0, 0.05) is 50.5 Å². The lowest BCUT2D eigenvalue weighted by atomic mass is 10.1. The fraction of sp³-hybridized carbons (Fsp3) is 0.611. The van der Waals surface area contributed by atoms with Crippen LogP contribution < -0.4 is 4.90 Å². The molecule has 3 aliphatic heterocycles. The van der Waals surface area contributed by atoms with Gasteiger partial charge < -0.3 is 19.3 Å². The van der Waals surface area contributed by atoms with E-state index in [0.717, 1.165) is 18.8 Å². The van der Waals surface area contributed by atoms with Gasteiger partial charge in [-0.1, -0.05) is 0 Å². The van der Waals surface area contributed by atoms with Gasteiger partial charge in [-0.3, -0.25) is 4.79 Å². The maximum Gasteiger partial charge on any atom is 0.253 e. The number of amides is 1. The van der Waals surface area contributed by atoms with E-state index in [-0.39, 0.29) is 19.0 Å². The Balaban J connectivity index is 1.34. The summed E-state index contributed by atoms with van der Waals surface area (Å²) in [5, 5.41) is -0.507. The Labute approximate surface area is 159 Å². The van der Waals surface area contributed by atoms with Crippen LogP contribution in [0.25, 0.3) is 0 Å². The Morgan fingerprint density at radius 3 is 2.04 bits per heavy atom. The van der Waals surface area contributed by atoms with E-state index in [1.807, 2.05) is 24.3 Å². The van der Waals surface area contributed by atoms with Gasteiger partial charge in [0.25, 0.3) is 5.91 Å². The van der Waals surface area contributed by atoms with E-state index in [1.54, 1.807) is 4.90 Å². The van der Waals surface area contributed by atoms with Crippen molar-refractivity contribution in [3.05, 3.63) is 29.8 Å². The number of rotatable bonds is 4. The van der Waals surface area contributed by atoms with E-state index >= 15 is 0 Å². The molecule has 0 atom stereocenters. The molecule has 3 heterocycles. The summed E-state index contributed by atoms with van der Waals surface area (Å²) in [6.45, 7) is 5.30. The molecule has 3 fully saturated rings. The molecule has 0 N–H and O–H groups in total. The number of sulfonamides is 1. The standard InChI is InChI=1S/C18H25N3O5S/c22-18(15-1-3-16(4-2-15)19-5-9-25-10-6-19)20-13-17(14-20)27(23,24)21-7-11-26-12-8-21/h1-4,17H,5-14H2. The van der Waals surface area contributed by atoms with E-state index in [2.05, 4.69) is 4.90 Å². The molecule has 148 valence electrons. The topological polar surface area (TPSA) is 79.4 Å². The molecule has 0 aliphatic carbocycles. The smallest absolute Gasteiger partial charge is 0.253 e. The highest BCUT2D eigenvalue weighted by atomic mass is 32.2. The lowest BCUT2D eigenvalue weighted by Gasteiger charge is -2.41. The van der Waals surface area contributed by atoms with Crippen molar-refractivity contribution in [2.24, 2.45) is 0 Å². The Kier molecular flexibility index (Phi) is 5.36. The van der Waals surface area contributed by atoms with Crippen LogP contribution in [-0.2, 0) is 19.5 Å². The van der Waals surface area contributed by atoms with Gasteiger partial charge in [-0.2, -0.15) is 4.31 Å². The number of morpholine rings is 2. The van der Waals surface area contributed by atoms with Crippen molar-refractivity contribution in [1.82, 2.24) is 9.21 Å². The third-order valence-corrected chi connectivity index (χ3v) is 7.60. The van der Waals surface area contributed by atoms with Crippen molar-refractivity contribution >= 4 is 21.6 Å². The van der Waals surface area contributed by atoms with Crippen LogP contribution in [0.1, 0.15) is 10.4 Å². The monoisotopic (exact) mass is 395 g/mol. The van der Waals surface area contributed by atoms with Crippen LogP contribution in [-0.4, -0.2) is 94.5 Å². The summed E-state index contributed by atoms with van der Waals surface area (Å²) in [7, 11) is -3.35. The van der Waals surface area contributed by atoms with E-state index < -0.39 is 15.3 Å². The molecule has 1 aromatic rings. The largest absolute Gasteiger partial charge is 0.379 e. The predicted octanol–water partition coefficient (Wildman–Crippen LogP) is 0.00960. The Hall–Kier alpha value is -1.68. The van der Waals surface area contributed by atoms with Crippen LogP contribution in [0.2, 0.25) is 0 Å². The number of hydrogen-bond acceptors (Lipinski definition) is 6. The normalized spacial score (nSPS) is 22.5. The van der Waals surface area contributed by atoms with Crippen molar-refractivity contribution in [1.29, 1.82) is 0 Å². The van der Waals surface area contributed by atoms with Crippen LogP contribution in [0.4, 0.5) is 5.69 Å². The summed E-state index contributed by atoms with van der Waals surface area (Å²) in [5.41, 5.74) is 1.67. The van der Waals surface area contributed by atoms with Crippen molar-refractivity contribution in [2.45, 2.75) is 5.25 Å². The minimum atomic E-state index is -3.35. The summed E-state index contributed by atoms with van der Waals surface area (Å²) in [5.74, 6) is -0.114. The van der Waals surface area contributed by atoms with Gasteiger partial charge in [0.05, 0.1) is 26.4 Å². The van der Waals surface area contributed by atoms with Crippen molar-refractivity contribution in [3.8, 4) is 0 Å². The van der Waals surface area contributed by atoms with Gasteiger partial charge in [0.15, 0.2) is 0 Å². The van der Waals surface area contributed by atoms with Gasteiger partial charge in [0.1, 0.15) is 5.25 Å². The van der Waals surface area contributed by atoms with Crippen LogP contribution in [0.3, 0.4) is 0 Å². The molecule has 3 saturated heterocycles. The van der Waals surface area contributed by atoms with Gasteiger partial charge in [-0.05, 0) is 24.3 Å². The van der Waals surface area contributed by atoms with Gasteiger partial charge in [-0.15, -0.1) is 0 Å². The molecule has 3 aliphatic rings. The number of hydrogen-bond donors (Lipinski definition) is 0. The molecule has 0 radical (unpaired) electrons. The lowest BCUT2D eigenvalue weighted by Crippen LogP contribution is -2.60. The number of likely N-dealkylation sites (tertiary alicyclic amines) is 1. The third-order valence-electron chi connectivity index (χ3n) is 5.38. The first-order valence-electron chi connectivity index (χ1n) is 9.34. The molecule has 1 aromatic carbocycles. The molecule has 4 rings (SSSR count). The minimum Gasteiger partial charge on any atom is -0.379 e. The summed E-state index contributed by atoms with van der Waals surface area (Å²) >= 11 is 0. The zero-order chi connectivity index (χ0) is 18.9. The number of benzene rings is 1. The van der Waals surface area contributed by atoms with Crippen molar-refractivity contribution < 1.29 is 22.7 Å². The number of ether oxygens (including phenoxy) is 2. The Morgan fingerprint density at radius 1 is 0.889 bits per heavy atom. The molecule has 0 aromatic heterocycles. The molecule has 0 bridgehead atoms. The maximum absolute atomic E-state index is 12.6. The van der Waals surface area contributed by atoms with E-state index in [4.69, 9.17) is 9.47 Å². The molecular formula is C18H25N3O5S. The highest BCUT2D eigenvalue weighted by Crippen LogP contribution is 2.24. The van der Waals surface area contributed by atoms with Crippen LogP contribution in [0.5, 0.6) is 0 Å². The van der Waals surface area contributed by atoms with E-state index in [1.165, 1.54) is 4.31 Å². The number of anilines is 1. The SMILES string of the molecule is O=C(c1ccc(N2CCOCC2)cc1)N1CC(S(=O)(=O)N2CCOCC2)C1. The molecule has 1 amide bonds. The summed E-state index contributed by atoms with van der Waals surface area (Å²) in [6.07, 6.45) is 0. The quantitative estimate of drug-likeness (QED) is 0.715. The third kappa shape index (κ3) is 3.82. The average molecular weight is 395 g/mol. The molecule has 8 nitrogen and oxygen atoms in total. The van der Waals surface area contributed by atoms with Crippen molar-refractivity contribution in [2.75, 3.05) is 70.6 Å². The summed E-state index contributed by atoms with van der Waals surface area (Å²) < 4.78 is 37.3. The van der Waals surface area contributed by atoms with Gasteiger partial charge in [0.2, 0.25) is 10.0 Å². The second kappa shape index (κ2) is 7.75. The zero-order valence-electron chi connectivity index (χ0n) is 15.2. The first kappa shape index (κ1) is 18.7. The second-order valence-electron chi connectivity index (χ2n) is 7.03. The fourth-order valence-electron chi connectivity index (χ4n) is 3.62. The van der Waals surface area contributed by atoms with Crippen molar-refractivity contribution in [3.63, 3.8) is 0 Å². The first-order valence-corrected chi connectivity index (χ1v) is 10.8. The molecule has 0 spiro atoms.